The smallest absolute Gasteiger partial charge is 0.328 e. The van der Waals surface area contributed by atoms with Crippen LogP contribution in [0.2, 0.25) is 0 Å². The molecule has 14 heteroatoms. The van der Waals surface area contributed by atoms with Crippen LogP contribution in [0.1, 0.15) is 82.6 Å². The number of fused-ring (bicyclic) bond motifs is 1. The van der Waals surface area contributed by atoms with Crippen molar-refractivity contribution >= 4 is 40.1 Å². The highest BCUT2D eigenvalue weighted by atomic mass is 16.5. The zero-order valence-electron chi connectivity index (χ0n) is 36.6. The third kappa shape index (κ3) is 9.47. The van der Waals surface area contributed by atoms with Crippen LogP contribution in [0.4, 0.5) is 10.5 Å². The molecule has 0 radical (unpaired) electrons. The number of morpholine rings is 1. The van der Waals surface area contributed by atoms with E-state index < -0.39 is 0 Å². The lowest BCUT2D eigenvalue weighted by Crippen LogP contribution is -2.49. The SMILES string of the molecule is CO.Cc1cc(C2CN(C(/C=C(\N)c3ccccc3)=C(N)N)CCO2)c(C)cc1C(=O)N1CCC(CN2CCC(n3c(C)cc4c(N5CCC(=O)NC5=O)cccc43)CC2)CC1. The number of nitrogens with zero attached hydrogens (tertiary/aromatic N) is 5. The summed E-state index contributed by atoms with van der Waals surface area (Å²) in [5, 5.41) is 10.5. The van der Waals surface area contributed by atoms with Crippen LogP contribution in [-0.4, -0.2) is 108 Å². The number of hydrogen-bond donors (Lipinski definition) is 5. The van der Waals surface area contributed by atoms with Gasteiger partial charge in [0, 0.05) is 94.3 Å². The number of likely N-dealkylation sites (tertiary alicyclic amines) is 2. The van der Waals surface area contributed by atoms with Crippen LogP contribution in [0.15, 0.2) is 84.3 Å². The summed E-state index contributed by atoms with van der Waals surface area (Å²) in [4.78, 5) is 46.9. The van der Waals surface area contributed by atoms with Crippen LogP contribution in [0.5, 0.6) is 0 Å². The van der Waals surface area contributed by atoms with Gasteiger partial charge >= 0.3 is 6.03 Å². The van der Waals surface area contributed by atoms with Gasteiger partial charge in [-0.25, -0.2) is 4.79 Å². The van der Waals surface area contributed by atoms with Crippen molar-refractivity contribution in [2.24, 2.45) is 23.1 Å². The lowest BCUT2D eigenvalue weighted by Gasteiger charge is -2.38. The van der Waals surface area contributed by atoms with E-state index in [1.807, 2.05) is 66.4 Å². The van der Waals surface area contributed by atoms with Gasteiger partial charge in [0.25, 0.3) is 5.91 Å². The predicted molar refractivity (Wildman–Crippen MR) is 244 cm³/mol. The lowest BCUT2D eigenvalue weighted by molar-refractivity contribution is -0.120. The number of piperidine rings is 2. The standard InChI is InChI=1S/C47H59N9O4.CH4O/c1-30-25-37(31(2)24-36(30)43-29-54(22-23-60-43)42(45(49)50)27-39(48)34-8-5-4-6-9-34)46(58)53-19-12-33(13-20-53)28-52-17-14-35(15-18-52)56-32(3)26-38-40(10-7-11-41(38)56)55-21-16-44(57)51-47(55)59;1-2/h4-11,24-27,33,35,43H,12-23,28-29,48-50H2,1-3H3,(H,51,57,59);2H,1H3/b39-27-;. The summed E-state index contributed by atoms with van der Waals surface area (Å²) in [7, 11) is 1.00. The summed E-state index contributed by atoms with van der Waals surface area (Å²) in [6.45, 7) is 12.9. The Morgan fingerprint density at radius 2 is 1.56 bits per heavy atom. The van der Waals surface area contributed by atoms with Gasteiger partial charge in [0.15, 0.2) is 0 Å². The van der Waals surface area contributed by atoms with E-state index in [9.17, 15) is 14.4 Å². The number of rotatable bonds is 9. The van der Waals surface area contributed by atoms with Crippen molar-refractivity contribution in [1.29, 1.82) is 0 Å². The van der Waals surface area contributed by atoms with Crippen molar-refractivity contribution in [2.75, 3.05) is 71.0 Å². The number of hydrogen-bond acceptors (Lipinski definition) is 10. The number of ether oxygens (including phenoxy) is 1. The molecule has 330 valence electrons. The molecule has 8 N–H and O–H groups in total. The molecule has 62 heavy (non-hydrogen) atoms. The Balaban J connectivity index is 0.00000285. The largest absolute Gasteiger partial charge is 0.400 e. The number of aliphatic hydroxyl groups is 1. The van der Waals surface area contributed by atoms with Gasteiger partial charge in [-0.1, -0.05) is 42.5 Å². The van der Waals surface area contributed by atoms with Gasteiger partial charge in [0.1, 0.15) is 11.9 Å². The van der Waals surface area contributed by atoms with Crippen LogP contribution >= 0.6 is 0 Å². The number of allylic oxidation sites excluding steroid dienone is 1. The Morgan fingerprint density at radius 3 is 2.26 bits per heavy atom. The second kappa shape index (κ2) is 19.5. The second-order valence-corrected chi connectivity index (χ2v) is 17.0. The third-order valence-electron chi connectivity index (χ3n) is 13.0. The molecule has 4 amide bonds. The van der Waals surface area contributed by atoms with Crippen molar-refractivity contribution in [1.82, 2.24) is 24.6 Å². The van der Waals surface area contributed by atoms with Gasteiger partial charge in [0.2, 0.25) is 5.91 Å². The monoisotopic (exact) mass is 845 g/mol. The summed E-state index contributed by atoms with van der Waals surface area (Å²) >= 11 is 0. The first-order chi connectivity index (χ1) is 29.9. The minimum Gasteiger partial charge on any atom is -0.400 e. The summed E-state index contributed by atoms with van der Waals surface area (Å²) in [5.74, 6) is 0.636. The maximum absolute atomic E-state index is 14.0. The van der Waals surface area contributed by atoms with Gasteiger partial charge in [-0.05, 0) is 105 Å². The number of urea groups is 1. The van der Waals surface area contributed by atoms with E-state index in [1.165, 1.54) is 5.69 Å². The fraction of sp³-hybridized carbons (Fsp3) is 0.438. The molecule has 1 aromatic heterocycles. The Labute approximate surface area is 364 Å². The topological polar surface area (TPSA) is 189 Å². The number of aryl methyl sites for hydroxylation is 3. The first-order valence-electron chi connectivity index (χ1n) is 21.9. The molecular weight excluding hydrogens is 783 g/mol. The number of anilines is 1. The van der Waals surface area contributed by atoms with Crippen molar-refractivity contribution in [3.63, 3.8) is 0 Å². The van der Waals surface area contributed by atoms with E-state index in [1.54, 1.807) is 4.90 Å². The number of aliphatic hydroxyl groups excluding tert-OH is 1. The highest BCUT2D eigenvalue weighted by Crippen LogP contribution is 2.36. The van der Waals surface area contributed by atoms with Crippen molar-refractivity contribution in [3.8, 4) is 0 Å². The zero-order chi connectivity index (χ0) is 44.1. The molecule has 0 spiro atoms. The van der Waals surface area contributed by atoms with Crippen LogP contribution in [0.25, 0.3) is 16.6 Å². The normalized spacial score (nSPS) is 19.6. The molecule has 4 aromatic rings. The third-order valence-corrected chi connectivity index (χ3v) is 13.0. The molecule has 1 atom stereocenters. The van der Waals surface area contributed by atoms with E-state index in [0.717, 1.165) is 110 Å². The van der Waals surface area contributed by atoms with Crippen molar-refractivity contribution in [3.05, 3.63) is 118 Å². The molecule has 14 nitrogen and oxygen atoms in total. The van der Waals surface area contributed by atoms with Crippen LogP contribution < -0.4 is 27.4 Å². The zero-order valence-corrected chi connectivity index (χ0v) is 36.6. The average Bonchev–Trinajstić information content (AvgIpc) is 3.63. The maximum atomic E-state index is 14.0. The molecule has 4 aliphatic heterocycles. The van der Waals surface area contributed by atoms with E-state index in [0.29, 0.717) is 56.0 Å². The van der Waals surface area contributed by atoms with Gasteiger partial charge in [-0.2, -0.15) is 0 Å². The van der Waals surface area contributed by atoms with E-state index >= 15 is 0 Å². The molecule has 8 rings (SSSR count). The predicted octanol–water partition coefficient (Wildman–Crippen LogP) is 5.27. The first kappa shape index (κ1) is 44.2. The van der Waals surface area contributed by atoms with Gasteiger partial charge in [-0.15, -0.1) is 0 Å². The van der Waals surface area contributed by atoms with E-state index in [-0.39, 0.29) is 29.8 Å². The summed E-state index contributed by atoms with van der Waals surface area (Å²) in [6.07, 6.45) is 6.04. The number of nitrogens with one attached hydrogen (secondary N) is 1. The van der Waals surface area contributed by atoms with E-state index in [2.05, 4.69) is 51.7 Å². The molecule has 4 saturated heterocycles. The first-order valence-corrected chi connectivity index (χ1v) is 21.9. The Kier molecular flexibility index (Phi) is 13.9. The molecule has 0 bridgehead atoms. The van der Waals surface area contributed by atoms with E-state index in [4.69, 9.17) is 27.0 Å². The van der Waals surface area contributed by atoms with Crippen LogP contribution in [0, 0.1) is 26.7 Å². The fourth-order valence-electron chi connectivity index (χ4n) is 9.79. The number of imide groups is 1. The van der Waals surface area contributed by atoms with Crippen LogP contribution in [0.3, 0.4) is 0 Å². The molecular formula is C48H63N9O5. The van der Waals surface area contributed by atoms with Crippen molar-refractivity contribution < 1.29 is 24.2 Å². The van der Waals surface area contributed by atoms with Crippen LogP contribution in [-0.2, 0) is 9.53 Å². The molecule has 4 fully saturated rings. The van der Waals surface area contributed by atoms with Gasteiger partial charge in [0.05, 0.1) is 23.5 Å². The summed E-state index contributed by atoms with van der Waals surface area (Å²) in [5.41, 5.74) is 28.0. The molecule has 5 heterocycles. The minimum absolute atomic E-state index is 0.0992. The molecule has 1 unspecified atom stereocenters. The van der Waals surface area contributed by atoms with Gasteiger partial charge < -0.3 is 46.3 Å². The number of amides is 4. The molecule has 4 aliphatic rings. The highest BCUT2D eigenvalue weighted by Gasteiger charge is 2.32. The number of aromatic nitrogens is 1. The maximum Gasteiger partial charge on any atom is 0.328 e. The van der Waals surface area contributed by atoms with Crippen molar-refractivity contribution in [2.45, 2.75) is 65.0 Å². The number of benzene rings is 3. The fourth-order valence-corrected chi connectivity index (χ4v) is 9.79. The molecule has 0 saturated carbocycles. The molecule has 3 aromatic carbocycles. The Morgan fingerprint density at radius 1 is 0.839 bits per heavy atom. The molecule has 0 aliphatic carbocycles. The second-order valence-electron chi connectivity index (χ2n) is 17.0. The Bertz CT molecular complexity index is 2320. The minimum atomic E-state index is -0.354. The number of carbonyl (C=O) groups excluding carboxylic acids is 3. The average molecular weight is 846 g/mol. The summed E-state index contributed by atoms with van der Waals surface area (Å²) in [6, 6.07) is 22.2. The quantitative estimate of drug-likeness (QED) is 0.139. The Hall–Kier alpha value is -5.83. The number of nitrogens with two attached hydrogens (primary N) is 3. The summed E-state index contributed by atoms with van der Waals surface area (Å²) < 4.78 is 8.75. The van der Waals surface area contributed by atoms with Gasteiger partial charge in [-0.3, -0.25) is 19.8 Å². The number of carbonyl (C=O) groups is 3. The highest BCUT2D eigenvalue weighted by molar-refractivity contribution is 6.09. The lowest BCUT2D eigenvalue weighted by atomic mass is 9.92.